The van der Waals surface area contributed by atoms with Gasteiger partial charge in [0.25, 0.3) is 0 Å². The van der Waals surface area contributed by atoms with Gasteiger partial charge in [0.2, 0.25) is 0 Å². The molecule has 3 aromatic rings. The molecule has 1 N–H and O–H groups in total. The number of nitriles is 1. The molecule has 0 saturated heterocycles. The monoisotopic (exact) mass is 308 g/mol. The number of anilines is 1. The lowest BCUT2D eigenvalue weighted by Gasteiger charge is -2.09. The lowest BCUT2D eigenvalue weighted by molar-refractivity contribution is 0.997. The third-order valence-electron chi connectivity index (χ3n) is 3.46. The van der Waals surface area contributed by atoms with Gasteiger partial charge in [0, 0.05) is 12.6 Å². The Morgan fingerprint density at radius 1 is 1.14 bits per heavy atom. The van der Waals surface area contributed by atoms with Crippen LogP contribution in [0, 0.1) is 11.3 Å². The molecule has 0 radical (unpaired) electrons. The number of hydrogen-bond donors (Lipinski definition) is 1. The van der Waals surface area contributed by atoms with Crippen molar-refractivity contribution in [3.8, 4) is 6.07 Å². The fraction of sp³-hybridized carbons (Fsp3) is 0.118. The van der Waals surface area contributed by atoms with Crippen LogP contribution in [0.15, 0.2) is 48.8 Å². The summed E-state index contributed by atoms with van der Waals surface area (Å²) in [4.78, 5) is 7.93. The molecule has 0 unspecified atom stereocenters. The molecule has 0 spiro atoms. The van der Waals surface area contributed by atoms with Crippen molar-refractivity contribution in [3.05, 3.63) is 65.1 Å². The molecule has 3 rings (SSSR count). The van der Waals surface area contributed by atoms with Gasteiger partial charge in [-0.05, 0) is 22.8 Å². The van der Waals surface area contributed by atoms with E-state index in [0.29, 0.717) is 17.5 Å². The van der Waals surface area contributed by atoms with Crippen LogP contribution in [0.3, 0.4) is 0 Å². The highest BCUT2D eigenvalue weighted by Gasteiger charge is 2.07. The van der Waals surface area contributed by atoms with Crippen molar-refractivity contribution in [3.63, 3.8) is 0 Å². The van der Waals surface area contributed by atoms with E-state index in [2.05, 4.69) is 21.4 Å². The highest BCUT2D eigenvalue weighted by molar-refractivity contribution is 6.29. The van der Waals surface area contributed by atoms with Crippen LogP contribution in [-0.4, -0.2) is 16.5 Å². The topological polar surface area (TPSA) is 61.6 Å². The van der Waals surface area contributed by atoms with Crippen LogP contribution in [0.5, 0.6) is 0 Å². The Balaban J connectivity index is 1.78. The summed E-state index contributed by atoms with van der Waals surface area (Å²) in [6.07, 6.45) is 2.15. The SMILES string of the molecule is N#Cc1c(CCNc2cc(Cl)ncn2)ccc2ccccc12. The van der Waals surface area contributed by atoms with Crippen molar-refractivity contribution in [2.75, 3.05) is 11.9 Å². The maximum Gasteiger partial charge on any atom is 0.134 e. The van der Waals surface area contributed by atoms with Crippen LogP contribution in [-0.2, 0) is 6.42 Å². The predicted octanol–water partition coefficient (Wildman–Crippen LogP) is 3.81. The molecular weight excluding hydrogens is 296 g/mol. The fourth-order valence-corrected chi connectivity index (χ4v) is 2.56. The molecule has 1 heterocycles. The molecule has 0 saturated carbocycles. The van der Waals surface area contributed by atoms with Crippen molar-refractivity contribution < 1.29 is 0 Å². The van der Waals surface area contributed by atoms with Gasteiger partial charge in [-0.1, -0.05) is 48.0 Å². The van der Waals surface area contributed by atoms with Gasteiger partial charge in [-0.25, -0.2) is 9.97 Å². The van der Waals surface area contributed by atoms with Crippen molar-refractivity contribution in [2.24, 2.45) is 0 Å². The van der Waals surface area contributed by atoms with Crippen LogP contribution >= 0.6 is 11.6 Å². The molecule has 1 aromatic heterocycles. The second-order valence-corrected chi connectivity index (χ2v) is 5.22. The van der Waals surface area contributed by atoms with E-state index in [-0.39, 0.29) is 0 Å². The Labute approximate surface area is 133 Å². The number of aromatic nitrogens is 2. The largest absolute Gasteiger partial charge is 0.370 e. The maximum atomic E-state index is 9.46. The van der Waals surface area contributed by atoms with Gasteiger partial charge in [0.05, 0.1) is 5.56 Å². The first kappa shape index (κ1) is 14.3. The lowest BCUT2D eigenvalue weighted by atomic mass is 9.98. The van der Waals surface area contributed by atoms with E-state index in [9.17, 15) is 5.26 Å². The van der Waals surface area contributed by atoms with Crippen molar-refractivity contribution in [2.45, 2.75) is 6.42 Å². The Bertz CT molecular complexity index is 855. The molecule has 0 amide bonds. The van der Waals surface area contributed by atoms with Crippen LogP contribution < -0.4 is 5.32 Å². The molecule has 5 heteroatoms. The smallest absolute Gasteiger partial charge is 0.134 e. The summed E-state index contributed by atoms with van der Waals surface area (Å²) in [5, 5.41) is 15.1. The van der Waals surface area contributed by atoms with Crippen molar-refractivity contribution in [1.29, 1.82) is 5.26 Å². The summed E-state index contributed by atoms with van der Waals surface area (Å²) in [6, 6.07) is 16.0. The van der Waals surface area contributed by atoms with E-state index >= 15 is 0 Å². The third kappa shape index (κ3) is 3.00. The fourth-order valence-electron chi connectivity index (χ4n) is 2.41. The molecule has 0 bridgehead atoms. The lowest BCUT2D eigenvalue weighted by Crippen LogP contribution is -2.07. The van der Waals surface area contributed by atoms with E-state index in [4.69, 9.17) is 11.6 Å². The molecule has 0 aliphatic heterocycles. The number of halogens is 1. The summed E-state index contributed by atoms with van der Waals surface area (Å²) in [5.74, 6) is 0.680. The van der Waals surface area contributed by atoms with E-state index in [1.54, 1.807) is 6.07 Å². The zero-order chi connectivity index (χ0) is 15.4. The first-order valence-electron chi connectivity index (χ1n) is 6.90. The first-order valence-corrected chi connectivity index (χ1v) is 7.28. The second kappa shape index (κ2) is 6.42. The van der Waals surface area contributed by atoms with Crippen molar-refractivity contribution >= 4 is 28.2 Å². The standard InChI is InChI=1S/C17H13ClN4/c18-16-9-17(22-11-21-16)20-8-7-13-6-5-12-3-1-2-4-14(12)15(13)10-19/h1-6,9,11H,7-8H2,(H,20,21,22). The van der Waals surface area contributed by atoms with Crippen LogP contribution in [0.1, 0.15) is 11.1 Å². The molecule has 0 atom stereocenters. The van der Waals surface area contributed by atoms with E-state index < -0.39 is 0 Å². The summed E-state index contributed by atoms with van der Waals surface area (Å²) < 4.78 is 0. The second-order valence-electron chi connectivity index (χ2n) is 4.84. The van der Waals surface area contributed by atoms with E-state index in [1.165, 1.54) is 6.33 Å². The molecule has 108 valence electrons. The number of nitrogens with one attached hydrogen (secondary N) is 1. The van der Waals surface area contributed by atoms with Crippen LogP contribution in [0.4, 0.5) is 5.82 Å². The Hall–Kier alpha value is -2.64. The van der Waals surface area contributed by atoms with Gasteiger partial charge in [-0.3, -0.25) is 0 Å². The highest BCUT2D eigenvalue weighted by atomic mass is 35.5. The summed E-state index contributed by atoms with van der Waals surface area (Å²) in [5.41, 5.74) is 1.76. The quantitative estimate of drug-likeness (QED) is 0.744. The van der Waals surface area contributed by atoms with Gasteiger partial charge in [-0.2, -0.15) is 5.26 Å². The van der Waals surface area contributed by atoms with Crippen LogP contribution in [0.2, 0.25) is 5.15 Å². The molecule has 4 nitrogen and oxygen atoms in total. The van der Waals surface area contributed by atoms with Gasteiger partial charge in [-0.15, -0.1) is 0 Å². The summed E-state index contributed by atoms with van der Waals surface area (Å²) >= 11 is 5.82. The minimum absolute atomic E-state index is 0.404. The molecule has 0 fully saturated rings. The average Bonchev–Trinajstić information content (AvgIpc) is 2.54. The van der Waals surface area contributed by atoms with Crippen LogP contribution in [0.25, 0.3) is 10.8 Å². The zero-order valence-electron chi connectivity index (χ0n) is 11.8. The van der Waals surface area contributed by atoms with Gasteiger partial charge >= 0.3 is 0 Å². The Kier molecular flexibility index (Phi) is 4.17. The number of rotatable bonds is 4. The first-order chi connectivity index (χ1) is 10.8. The maximum absolute atomic E-state index is 9.46. The third-order valence-corrected chi connectivity index (χ3v) is 3.67. The number of hydrogen-bond acceptors (Lipinski definition) is 4. The van der Waals surface area contributed by atoms with Gasteiger partial charge < -0.3 is 5.32 Å². The zero-order valence-corrected chi connectivity index (χ0v) is 12.5. The van der Waals surface area contributed by atoms with E-state index in [0.717, 1.165) is 28.3 Å². The molecular formula is C17H13ClN4. The molecule has 2 aromatic carbocycles. The Morgan fingerprint density at radius 2 is 2.00 bits per heavy atom. The van der Waals surface area contributed by atoms with Gasteiger partial charge in [0.15, 0.2) is 0 Å². The Morgan fingerprint density at radius 3 is 2.82 bits per heavy atom. The highest BCUT2D eigenvalue weighted by Crippen LogP contribution is 2.22. The summed E-state index contributed by atoms with van der Waals surface area (Å²) in [6.45, 7) is 0.667. The molecule has 0 aliphatic carbocycles. The number of fused-ring (bicyclic) bond motifs is 1. The predicted molar refractivity (Wildman–Crippen MR) is 87.9 cm³/mol. The normalized spacial score (nSPS) is 10.4. The van der Waals surface area contributed by atoms with Gasteiger partial charge in [0.1, 0.15) is 23.4 Å². The summed E-state index contributed by atoms with van der Waals surface area (Å²) in [7, 11) is 0. The van der Waals surface area contributed by atoms with Crippen molar-refractivity contribution in [1.82, 2.24) is 9.97 Å². The average molecular weight is 309 g/mol. The molecule has 22 heavy (non-hydrogen) atoms. The minimum atomic E-state index is 0.404. The molecule has 0 aliphatic rings. The number of nitrogens with zero attached hydrogens (tertiary/aromatic N) is 3. The van der Waals surface area contributed by atoms with E-state index in [1.807, 2.05) is 36.4 Å². The number of benzene rings is 2. The minimum Gasteiger partial charge on any atom is -0.370 e.